The first-order chi connectivity index (χ1) is 9.31. The molecule has 0 aromatic carbocycles. The summed E-state index contributed by atoms with van der Waals surface area (Å²) in [5.74, 6) is 0.660. The number of halogens is 1. The molecule has 1 aromatic heterocycles. The maximum absolute atomic E-state index is 5.92. The first-order valence-electron chi connectivity index (χ1n) is 6.88. The van der Waals surface area contributed by atoms with Crippen molar-refractivity contribution in [3.63, 3.8) is 0 Å². The van der Waals surface area contributed by atoms with Gasteiger partial charge in [-0.1, -0.05) is 6.42 Å². The number of aromatic nitrogens is 2. The van der Waals surface area contributed by atoms with Gasteiger partial charge in [0.15, 0.2) is 0 Å². The van der Waals surface area contributed by atoms with Crippen LogP contribution in [-0.4, -0.2) is 53.3 Å². The molecule has 2 fully saturated rings. The minimum atomic E-state index is 0.238. The zero-order valence-electron chi connectivity index (χ0n) is 10.9. The second-order valence-electron chi connectivity index (χ2n) is 5.21. The molecule has 3 heterocycles. The van der Waals surface area contributed by atoms with Crippen molar-refractivity contribution in [3.05, 3.63) is 16.9 Å². The van der Waals surface area contributed by atoms with Gasteiger partial charge in [0, 0.05) is 31.5 Å². The number of anilines is 1. The fraction of sp³-hybridized carbons (Fsp3) is 0.692. The normalized spacial score (nSPS) is 27.8. The van der Waals surface area contributed by atoms with Crippen molar-refractivity contribution < 1.29 is 4.74 Å². The molecule has 2 unspecified atom stereocenters. The summed E-state index contributed by atoms with van der Waals surface area (Å²) in [6.45, 7) is 3.88. The second-order valence-corrected chi connectivity index (χ2v) is 6.12. The van der Waals surface area contributed by atoms with Gasteiger partial charge in [-0.25, -0.2) is 9.97 Å². The van der Waals surface area contributed by atoms with Gasteiger partial charge in [-0.15, -0.1) is 0 Å². The molecule has 6 heteroatoms. The molecule has 0 radical (unpaired) electrons. The van der Waals surface area contributed by atoms with Gasteiger partial charge in [0.2, 0.25) is 5.95 Å². The molecule has 0 aliphatic carbocycles. The fourth-order valence-electron chi connectivity index (χ4n) is 2.78. The van der Waals surface area contributed by atoms with Crippen molar-refractivity contribution >= 4 is 21.9 Å². The Balaban J connectivity index is 1.49. The Morgan fingerprint density at radius 3 is 3.05 bits per heavy atom. The van der Waals surface area contributed by atoms with Gasteiger partial charge in [0.25, 0.3) is 0 Å². The lowest BCUT2D eigenvalue weighted by Gasteiger charge is -2.42. The lowest BCUT2D eigenvalue weighted by molar-refractivity contribution is -0.0689. The van der Waals surface area contributed by atoms with E-state index in [4.69, 9.17) is 4.74 Å². The molecule has 2 saturated heterocycles. The Kier molecular flexibility index (Phi) is 4.30. The number of fused-ring (bicyclic) bond motifs is 1. The number of rotatable bonds is 3. The topological polar surface area (TPSA) is 50.3 Å². The number of nitrogens with zero attached hydrogens (tertiary/aromatic N) is 3. The Bertz CT molecular complexity index is 414. The van der Waals surface area contributed by atoms with Gasteiger partial charge in [0.1, 0.15) is 0 Å². The summed E-state index contributed by atoms with van der Waals surface area (Å²) in [6.07, 6.45) is 7.69. The van der Waals surface area contributed by atoms with Gasteiger partial charge in [0.05, 0.1) is 17.2 Å². The largest absolute Gasteiger partial charge is 0.373 e. The second kappa shape index (κ2) is 6.15. The maximum atomic E-state index is 5.92. The van der Waals surface area contributed by atoms with E-state index in [2.05, 4.69) is 36.1 Å². The molecule has 104 valence electrons. The quantitative estimate of drug-likeness (QED) is 0.919. The molecule has 0 spiro atoms. The van der Waals surface area contributed by atoms with Crippen LogP contribution in [0.25, 0.3) is 0 Å². The molecule has 0 amide bonds. The van der Waals surface area contributed by atoms with E-state index < -0.39 is 0 Å². The van der Waals surface area contributed by atoms with Crippen LogP contribution in [0, 0.1) is 0 Å². The summed E-state index contributed by atoms with van der Waals surface area (Å²) in [5, 5.41) is 3.24. The average Bonchev–Trinajstić information content (AvgIpc) is 2.46. The Hall–Kier alpha value is -0.720. The zero-order valence-corrected chi connectivity index (χ0v) is 12.5. The first kappa shape index (κ1) is 13.3. The Morgan fingerprint density at radius 1 is 1.37 bits per heavy atom. The van der Waals surface area contributed by atoms with E-state index in [0.29, 0.717) is 12.0 Å². The van der Waals surface area contributed by atoms with Crippen LogP contribution >= 0.6 is 15.9 Å². The van der Waals surface area contributed by atoms with Crippen LogP contribution < -0.4 is 5.32 Å². The Labute approximate surface area is 121 Å². The molecular formula is C13H19BrN4O. The van der Waals surface area contributed by atoms with Crippen molar-refractivity contribution in [3.8, 4) is 0 Å². The lowest BCUT2D eigenvalue weighted by Crippen LogP contribution is -2.53. The summed E-state index contributed by atoms with van der Waals surface area (Å²) in [4.78, 5) is 11.0. The number of hydrogen-bond acceptors (Lipinski definition) is 5. The molecule has 3 rings (SSSR count). The molecule has 1 N–H and O–H groups in total. The van der Waals surface area contributed by atoms with Gasteiger partial charge < -0.3 is 10.1 Å². The number of nitrogens with one attached hydrogen (secondary N) is 1. The van der Waals surface area contributed by atoms with Gasteiger partial charge in [-0.3, -0.25) is 4.90 Å². The number of morpholine rings is 1. The van der Waals surface area contributed by atoms with Gasteiger partial charge in [-0.2, -0.15) is 0 Å². The van der Waals surface area contributed by atoms with E-state index in [0.717, 1.165) is 24.2 Å². The van der Waals surface area contributed by atoms with E-state index in [1.165, 1.54) is 25.8 Å². The third kappa shape index (κ3) is 3.43. The molecule has 5 nitrogen and oxygen atoms in total. The van der Waals surface area contributed by atoms with Crippen LogP contribution in [0.2, 0.25) is 0 Å². The number of hydrogen-bond donors (Lipinski definition) is 1. The predicted octanol–water partition coefficient (Wildman–Crippen LogP) is 1.90. The van der Waals surface area contributed by atoms with Crippen molar-refractivity contribution in [1.29, 1.82) is 0 Å². The molecule has 2 aliphatic rings. The summed E-state index contributed by atoms with van der Waals surface area (Å²) < 4.78 is 6.82. The monoisotopic (exact) mass is 326 g/mol. The third-order valence-corrected chi connectivity index (χ3v) is 4.23. The zero-order chi connectivity index (χ0) is 13.1. The molecule has 2 atom stereocenters. The standard InChI is InChI=1S/C13H19BrN4O/c14-10-5-15-13(16-6-10)17-7-12-8-18-4-2-1-3-11(18)9-19-12/h5-6,11-12H,1-4,7-9H2,(H,15,16,17). The summed E-state index contributed by atoms with van der Waals surface area (Å²) in [5.41, 5.74) is 0. The molecule has 2 aliphatic heterocycles. The van der Waals surface area contributed by atoms with Crippen LogP contribution in [0.5, 0.6) is 0 Å². The lowest BCUT2D eigenvalue weighted by atomic mass is 10.0. The van der Waals surface area contributed by atoms with E-state index in [1.807, 2.05) is 0 Å². The van der Waals surface area contributed by atoms with Crippen molar-refractivity contribution in [1.82, 2.24) is 14.9 Å². The highest BCUT2D eigenvalue weighted by molar-refractivity contribution is 9.10. The van der Waals surface area contributed by atoms with E-state index >= 15 is 0 Å². The van der Waals surface area contributed by atoms with Crippen LogP contribution in [0.4, 0.5) is 5.95 Å². The van der Waals surface area contributed by atoms with Crippen LogP contribution in [0.15, 0.2) is 16.9 Å². The van der Waals surface area contributed by atoms with E-state index in [1.54, 1.807) is 12.4 Å². The summed E-state index contributed by atoms with van der Waals surface area (Å²) in [6, 6.07) is 0.647. The minimum absolute atomic E-state index is 0.238. The SMILES string of the molecule is Brc1cnc(NCC2CN3CCCCC3CO2)nc1. The fourth-order valence-corrected chi connectivity index (χ4v) is 2.99. The summed E-state index contributed by atoms with van der Waals surface area (Å²) >= 11 is 3.33. The van der Waals surface area contributed by atoms with E-state index in [-0.39, 0.29) is 6.10 Å². The predicted molar refractivity (Wildman–Crippen MR) is 77.2 cm³/mol. The van der Waals surface area contributed by atoms with Crippen molar-refractivity contribution in [2.24, 2.45) is 0 Å². The summed E-state index contributed by atoms with van der Waals surface area (Å²) in [7, 11) is 0. The van der Waals surface area contributed by atoms with E-state index in [9.17, 15) is 0 Å². The number of ether oxygens (including phenoxy) is 1. The number of piperidine rings is 1. The highest BCUT2D eigenvalue weighted by atomic mass is 79.9. The van der Waals surface area contributed by atoms with Crippen molar-refractivity contribution in [2.45, 2.75) is 31.4 Å². The molecule has 0 bridgehead atoms. The van der Waals surface area contributed by atoms with Crippen LogP contribution in [-0.2, 0) is 4.74 Å². The highest BCUT2D eigenvalue weighted by Gasteiger charge is 2.30. The molecular weight excluding hydrogens is 308 g/mol. The average molecular weight is 327 g/mol. The van der Waals surface area contributed by atoms with Crippen molar-refractivity contribution in [2.75, 3.05) is 31.6 Å². The maximum Gasteiger partial charge on any atom is 0.222 e. The third-order valence-electron chi connectivity index (χ3n) is 3.82. The molecule has 19 heavy (non-hydrogen) atoms. The minimum Gasteiger partial charge on any atom is -0.373 e. The van der Waals surface area contributed by atoms with Crippen LogP contribution in [0.1, 0.15) is 19.3 Å². The molecule has 1 aromatic rings. The first-order valence-corrected chi connectivity index (χ1v) is 7.67. The van der Waals surface area contributed by atoms with Gasteiger partial charge >= 0.3 is 0 Å². The highest BCUT2D eigenvalue weighted by Crippen LogP contribution is 2.22. The Morgan fingerprint density at radius 2 is 2.21 bits per heavy atom. The molecule has 0 saturated carbocycles. The van der Waals surface area contributed by atoms with Crippen LogP contribution in [0.3, 0.4) is 0 Å². The smallest absolute Gasteiger partial charge is 0.222 e. The van der Waals surface area contributed by atoms with Gasteiger partial charge in [-0.05, 0) is 35.3 Å².